The minimum Gasteiger partial charge on any atom is -0.489 e. The van der Waals surface area contributed by atoms with Crippen molar-refractivity contribution in [1.29, 1.82) is 0 Å². The number of halogens is 1. The van der Waals surface area contributed by atoms with Crippen molar-refractivity contribution in [2.45, 2.75) is 20.0 Å². The smallest absolute Gasteiger partial charge is 0.216 e. The number of ether oxygens (including phenoxy) is 1. The fraction of sp³-hybridized carbons (Fsp3) is 0.167. The van der Waals surface area contributed by atoms with Crippen molar-refractivity contribution < 1.29 is 4.74 Å². The van der Waals surface area contributed by atoms with Gasteiger partial charge in [-0.1, -0.05) is 47.1 Å². The van der Waals surface area contributed by atoms with Gasteiger partial charge in [0, 0.05) is 10.9 Å². The number of aromatic amines is 1. The molecule has 0 atom stereocenters. The van der Waals surface area contributed by atoms with Crippen LogP contribution in [-0.2, 0) is 13.0 Å². The van der Waals surface area contributed by atoms with Gasteiger partial charge in [0.25, 0.3) is 0 Å². The molecule has 3 rings (SSSR count). The predicted molar refractivity (Wildman–Crippen MR) is 105 cm³/mol. The van der Waals surface area contributed by atoms with Gasteiger partial charge in [0.15, 0.2) is 5.82 Å². The molecule has 1 N–H and O–H groups in total. The summed E-state index contributed by atoms with van der Waals surface area (Å²) in [5, 5.41) is 11.3. The van der Waals surface area contributed by atoms with E-state index in [1.807, 2.05) is 55.5 Å². The zero-order valence-electron chi connectivity index (χ0n) is 13.6. The molecule has 25 heavy (non-hydrogen) atoms. The molecule has 0 amide bonds. The Labute approximate surface area is 159 Å². The number of hydrogen-bond acceptors (Lipinski definition) is 4. The summed E-state index contributed by atoms with van der Waals surface area (Å²) in [6.45, 7) is 2.52. The van der Waals surface area contributed by atoms with Crippen molar-refractivity contribution in [3.05, 3.63) is 74.7 Å². The fourth-order valence-corrected chi connectivity index (χ4v) is 2.69. The molecule has 5 nitrogen and oxygen atoms in total. The Morgan fingerprint density at radius 2 is 2.08 bits per heavy atom. The molecule has 0 aliphatic heterocycles. The van der Waals surface area contributed by atoms with Crippen molar-refractivity contribution in [2.24, 2.45) is 5.10 Å². The Bertz CT molecular complexity index is 931. The predicted octanol–water partition coefficient (Wildman–Crippen LogP) is 4.73. The lowest BCUT2D eigenvalue weighted by Crippen LogP contribution is -1.98. The Kier molecular flexibility index (Phi) is 5.78. The van der Waals surface area contributed by atoms with Crippen molar-refractivity contribution in [1.82, 2.24) is 14.9 Å². The van der Waals surface area contributed by atoms with Crippen molar-refractivity contribution >= 4 is 34.4 Å². The Hall–Kier alpha value is -2.25. The first-order chi connectivity index (χ1) is 12.2. The van der Waals surface area contributed by atoms with Gasteiger partial charge in [-0.2, -0.15) is 14.9 Å². The highest BCUT2D eigenvalue weighted by molar-refractivity contribution is 9.10. The lowest BCUT2D eigenvalue weighted by molar-refractivity contribution is 0.306. The third-order valence-corrected chi connectivity index (χ3v) is 4.33. The first kappa shape index (κ1) is 17.6. The molecule has 0 spiro atoms. The van der Waals surface area contributed by atoms with Crippen LogP contribution in [0.4, 0.5) is 0 Å². The Morgan fingerprint density at radius 3 is 2.84 bits per heavy atom. The topological polar surface area (TPSA) is 55.2 Å². The number of aromatic nitrogens is 3. The molecular formula is C18H17BrN4OS. The van der Waals surface area contributed by atoms with Crippen LogP contribution in [0.3, 0.4) is 0 Å². The van der Waals surface area contributed by atoms with Gasteiger partial charge in [-0.05, 0) is 47.6 Å². The van der Waals surface area contributed by atoms with Crippen LogP contribution in [0.2, 0.25) is 0 Å². The minimum atomic E-state index is 0.482. The largest absolute Gasteiger partial charge is 0.489 e. The van der Waals surface area contributed by atoms with Crippen molar-refractivity contribution in [3.8, 4) is 5.75 Å². The van der Waals surface area contributed by atoms with Crippen LogP contribution in [0.25, 0.3) is 0 Å². The Balaban J connectivity index is 1.70. The van der Waals surface area contributed by atoms with Gasteiger partial charge in [0.1, 0.15) is 12.4 Å². The van der Waals surface area contributed by atoms with Gasteiger partial charge in [0.2, 0.25) is 4.77 Å². The van der Waals surface area contributed by atoms with Crippen LogP contribution in [0.1, 0.15) is 23.9 Å². The molecule has 2 aromatic carbocycles. The molecule has 128 valence electrons. The summed E-state index contributed by atoms with van der Waals surface area (Å²) in [6.07, 6.45) is 2.50. The molecule has 0 fully saturated rings. The monoisotopic (exact) mass is 416 g/mol. The highest BCUT2D eigenvalue weighted by Crippen LogP contribution is 2.16. The summed E-state index contributed by atoms with van der Waals surface area (Å²) in [7, 11) is 0. The number of aryl methyl sites for hydroxylation is 1. The molecule has 7 heteroatoms. The van der Waals surface area contributed by atoms with Gasteiger partial charge in [-0.25, -0.2) is 0 Å². The van der Waals surface area contributed by atoms with E-state index in [0.29, 0.717) is 11.4 Å². The van der Waals surface area contributed by atoms with Crippen LogP contribution < -0.4 is 4.74 Å². The minimum absolute atomic E-state index is 0.482. The first-order valence-electron chi connectivity index (χ1n) is 7.83. The molecule has 1 aromatic heterocycles. The standard InChI is InChI=1S/C18H17BrN4OS/c1-2-17-21-22-18(25)23(17)20-11-14-4-3-5-16(10-14)24-12-13-6-8-15(19)9-7-13/h3-11H,2,12H2,1H3,(H,22,25). The third-order valence-electron chi connectivity index (χ3n) is 3.53. The second kappa shape index (κ2) is 8.22. The molecule has 0 saturated carbocycles. The lowest BCUT2D eigenvalue weighted by Gasteiger charge is -2.07. The number of nitrogens with zero attached hydrogens (tertiary/aromatic N) is 3. The van der Waals surface area contributed by atoms with Crippen LogP contribution in [-0.4, -0.2) is 21.1 Å². The maximum Gasteiger partial charge on any atom is 0.216 e. The summed E-state index contributed by atoms with van der Waals surface area (Å²) < 4.78 is 9.02. The molecular weight excluding hydrogens is 400 g/mol. The molecule has 0 saturated heterocycles. The van der Waals surface area contributed by atoms with Crippen LogP contribution >= 0.6 is 28.1 Å². The molecule has 1 heterocycles. The zero-order chi connectivity index (χ0) is 17.6. The maximum atomic E-state index is 5.86. The first-order valence-corrected chi connectivity index (χ1v) is 9.04. The van der Waals surface area contributed by atoms with Crippen molar-refractivity contribution in [2.75, 3.05) is 0 Å². The number of nitrogens with one attached hydrogen (secondary N) is 1. The molecule has 0 aliphatic carbocycles. The van der Waals surface area contributed by atoms with Gasteiger partial charge in [-0.15, -0.1) is 0 Å². The SMILES string of the molecule is CCc1n[nH]c(=S)n1N=Cc1cccc(OCc2ccc(Br)cc2)c1. The zero-order valence-corrected chi connectivity index (χ0v) is 16.0. The highest BCUT2D eigenvalue weighted by Gasteiger charge is 2.02. The number of H-pyrrole nitrogens is 1. The summed E-state index contributed by atoms with van der Waals surface area (Å²) >= 11 is 8.62. The highest BCUT2D eigenvalue weighted by atomic mass is 79.9. The van der Waals surface area contributed by atoms with Gasteiger partial charge in [0.05, 0.1) is 6.21 Å². The van der Waals surface area contributed by atoms with E-state index in [1.54, 1.807) is 10.9 Å². The Morgan fingerprint density at radius 1 is 1.28 bits per heavy atom. The van der Waals surface area contributed by atoms with E-state index in [0.717, 1.165) is 33.6 Å². The van der Waals surface area contributed by atoms with E-state index >= 15 is 0 Å². The number of benzene rings is 2. The summed E-state index contributed by atoms with van der Waals surface area (Å²) in [5.74, 6) is 1.59. The second-order valence-electron chi connectivity index (χ2n) is 5.34. The van der Waals surface area contributed by atoms with Gasteiger partial charge >= 0.3 is 0 Å². The van der Waals surface area contributed by atoms with E-state index in [1.165, 1.54) is 0 Å². The van der Waals surface area contributed by atoms with E-state index in [9.17, 15) is 0 Å². The molecule has 0 aliphatic rings. The molecule has 0 bridgehead atoms. The lowest BCUT2D eigenvalue weighted by atomic mass is 10.2. The third kappa shape index (κ3) is 4.64. The van der Waals surface area contributed by atoms with E-state index in [2.05, 4.69) is 31.2 Å². The molecule has 0 unspecified atom stereocenters. The second-order valence-corrected chi connectivity index (χ2v) is 6.64. The van der Waals surface area contributed by atoms with Gasteiger partial charge < -0.3 is 4.74 Å². The van der Waals surface area contributed by atoms with Crippen molar-refractivity contribution in [3.63, 3.8) is 0 Å². The molecule has 0 radical (unpaired) electrons. The van der Waals surface area contributed by atoms with E-state index < -0.39 is 0 Å². The fourth-order valence-electron chi connectivity index (χ4n) is 2.23. The normalized spacial score (nSPS) is 11.1. The summed E-state index contributed by atoms with van der Waals surface area (Å²) in [6, 6.07) is 15.8. The molecule has 3 aromatic rings. The number of hydrogen-bond donors (Lipinski definition) is 1. The van der Waals surface area contributed by atoms with Crippen LogP contribution in [0, 0.1) is 4.77 Å². The summed E-state index contributed by atoms with van der Waals surface area (Å²) in [5.41, 5.74) is 2.04. The van der Waals surface area contributed by atoms with Crippen LogP contribution in [0.15, 0.2) is 58.1 Å². The number of rotatable bonds is 6. The summed E-state index contributed by atoms with van der Waals surface area (Å²) in [4.78, 5) is 0. The maximum absolute atomic E-state index is 5.86. The van der Waals surface area contributed by atoms with Crippen LogP contribution in [0.5, 0.6) is 5.75 Å². The average Bonchev–Trinajstić information content (AvgIpc) is 2.99. The quantitative estimate of drug-likeness (QED) is 0.466. The average molecular weight is 417 g/mol. The van der Waals surface area contributed by atoms with E-state index in [-0.39, 0.29) is 0 Å². The van der Waals surface area contributed by atoms with Gasteiger partial charge in [-0.3, -0.25) is 5.10 Å². The van der Waals surface area contributed by atoms with E-state index in [4.69, 9.17) is 17.0 Å².